The summed E-state index contributed by atoms with van der Waals surface area (Å²) in [5.41, 5.74) is 0. The zero-order chi connectivity index (χ0) is 13.3. The minimum Gasteiger partial charge on any atom is -0.0885 e. The van der Waals surface area contributed by atoms with Gasteiger partial charge >= 0.3 is 0 Å². The first-order valence-corrected chi connectivity index (χ1v) is 8.21. The average Bonchev–Trinajstić information content (AvgIpc) is 2.39. The van der Waals surface area contributed by atoms with Crippen molar-refractivity contribution in [2.24, 2.45) is 0 Å². The molecule has 0 atom stereocenters. The van der Waals surface area contributed by atoms with E-state index in [2.05, 4.69) is 38.2 Å². The van der Waals surface area contributed by atoms with Crippen molar-refractivity contribution >= 4 is 0 Å². The Kier molecular flexibility index (Phi) is 16.0. The highest BCUT2D eigenvalue weighted by Crippen LogP contribution is 2.07. The van der Waals surface area contributed by atoms with Gasteiger partial charge in [0.15, 0.2) is 0 Å². The summed E-state index contributed by atoms with van der Waals surface area (Å²) in [7, 11) is 0. The van der Waals surface area contributed by atoms with Crippen molar-refractivity contribution in [3.05, 3.63) is 24.3 Å². The molecule has 18 heavy (non-hydrogen) atoms. The van der Waals surface area contributed by atoms with Crippen LogP contribution in [0, 0.1) is 0 Å². The van der Waals surface area contributed by atoms with Gasteiger partial charge in [-0.05, 0) is 44.9 Å². The largest absolute Gasteiger partial charge is 0.0885 e. The summed E-state index contributed by atoms with van der Waals surface area (Å²) < 4.78 is 0. The Hall–Kier alpha value is -0.520. The van der Waals surface area contributed by atoms with Crippen molar-refractivity contribution in [1.29, 1.82) is 0 Å². The first-order valence-electron chi connectivity index (χ1n) is 8.21. The van der Waals surface area contributed by atoms with E-state index in [0.29, 0.717) is 0 Å². The fraction of sp³-hybridized carbons (Fsp3) is 0.778. The topological polar surface area (TPSA) is 0 Å². The zero-order valence-corrected chi connectivity index (χ0v) is 12.8. The predicted molar refractivity (Wildman–Crippen MR) is 85.0 cm³/mol. The Morgan fingerprint density at radius 3 is 1.39 bits per heavy atom. The monoisotopic (exact) mass is 250 g/mol. The third-order valence-corrected chi connectivity index (χ3v) is 3.25. The van der Waals surface area contributed by atoms with Gasteiger partial charge in [-0.15, -0.1) is 0 Å². The molecule has 0 fully saturated rings. The van der Waals surface area contributed by atoms with Gasteiger partial charge in [0.2, 0.25) is 0 Å². The highest BCUT2D eigenvalue weighted by Gasteiger charge is 1.87. The standard InChI is InChI=1S/C18H34/c1-3-5-7-9-11-13-15-17-18-16-14-12-10-8-6-4-2/h7,9,16,18H,3-6,8,10-15,17H2,1-2H3. The maximum absolute atomic E-state index is 2.39. The molecule has 0 aliphatic carbocycles. The van der Waals surface area contributed by atoms with E-state index >= 15 is 0 Å². The van der Waals surface area contributed by atoms with E-state index < -0.39 is 0 Å². The number of hydrogen-bond acceptors (Lipinski definition) is 0. The van der Waals surface area contributed by atoms with Crippen molar-refractivity contribution in [3.8, 4) is 0 Å². The molecule has 0 unspecified atom stereocenters. The van der Waals surface area contributed by atoms with Gasteiger partial charge in [0.25, 0.3) is 0 Å². The van der Waals surface area contributed by atoms with E-state index in [0.717, 1.165) is 0 Å². The lowest BCUT2D eigenvalue weighted by Crippen LogP contribution is -1.76. The Labute approximate surface area is 116 Å². The molecular weight excluding hydrogens is 216 g/mol. The van der Waals surface area contributed by atoms with Gasteiger partial charge in [0.05, 0.1) is 0 Å². The number of hydrogen-bond donors (Lipinski definition) is 0. The van der Waals surface area contributed by atoms with Crippen molar-refractivity contribution < 1.29 is 0 Å². The molecule has 0 rings (SSSR count). The van der Waals surface area contributed by atoms with Crippen molar-refractivity contribution in [2.75, 3.05) is 0 Å². The predicted octanol–water partition coefficient (Wildman–Crippen LogP) is 6.82. The van der Waals surface area contributed by atoms with Crippen molar-refractivity contribution in [1.82, 2.24) is 0 Å². The molecule has 0 aliphatic rings. The summed E-state index contributed by atoms with van der Waals surface area (Å²) in [5.74, 6) is 0. The molecule has 0 aliphatic heterocycles. The van der Waals surface area contributed by atoms with Crippen LogP contribution < -0.4 is 0 Å². The van der Waals surface area contributed by atoms with Crippen LogP contribution in [0.5, 0.6) is 0 Å². The van der Waals surface area contributed by atoms with Gasteiger partial charge in [-0.2, -0.15) is 0 Å². The first kappa shape index (κ1) is 17.5. The third kappa shape index (κ3) is 15.5. The second-order valence-electron chi connectivity index (χ2n) is 5.22. The molecule has 106 valence electrons. The smallest absolute Gasteiger partial charge is 0.0351 e. The molecule has 0 aromatic carbocycles. The SMILES string of the molecule is CCCC=CCCCCC=CCCCCCCC. The van der Waals surface area contributed by atoms with E-state index in [4.69, 9.17) is 0 Å². The molecule has 0 heterocycles. The normalized spacial score (nSPS) is 11.9. The molecule has 0 nitrogen and oxygen atoms in total. The van der Waals surface area contributed by atoms with E-state index in [-0.39, 0.29) is 0 Å². The molecule has 0 heteroatoms. The average molecular weight is 250 g/mol. The number of rotatable bonds is 13. The second-order valence-corrected chi connectivity index (χ2v) is 5.22. The molecular formula is C18H34. The van der Waals surface area contributed by atoms with Crippen LogP contribution >= 0.6 is 0 Å². The molecule has 0 radical (unpaired) electrons. The van der Waals surface area contributed by atoms with Gasteiger partial charge in [0, 0.05) is 0 Å². The lowest BCUT2D eigenvalue weighted by molar-refractivity contribution is 0.636. The number of unbranched alkanes of at least 4 members (excludes halogenated alkanes) is 9. The summed E-state index contributed by atoms with van der Waals surface area (Å²) in [6.07, 6.45) is 25.5. The van der Waals surface area contributed by atoms with Crippen LogP contribution in [0.15, 0.2) is 24.3 Å². The minimum atomic E-state index is 1.25. The fourth-order valence-corrected chi connectivity index (χ4v) is 2.03. The Morgan fingerprint density at radius 2 is 0.889 bits per heavy atom. The molecule has 0 aromatic heterocycles. The summed E-state index contributed by atoms with van der Waals surface area (Å²) in [6, 6.07) is 0. The minimum absolute atomic E-state index is 1.25. The Morgan fingerprint density at radius 1 is 0.444 bits per heavy atom. The Bertz CT molecular complexity index is 188. The van der Waals surface area contributed by atoms with Crippen LogP contribution in [0.25, 0.3) is 0 Å². The van der Waals surface area contributed by atoms with E-state index in [1.165, 1.54) is 77.0 Å². The van der Waals surface area contributed by atoms with Crippen LogP contribution in [0.2, 0.25) is 0 Å². The molecule has 0 saturated carbocycles. The maximum Gasteiger partial charge on any atom is -0.0351 e. The summed E-state index contributed by atoms with van der Waals surface area (Å²) >= 11 is 0. The molecule has 0 saturated heterocycles. The third-order valence-electron chi connectivity index (χ3n) is 3.25. The summed E-state index contributed by atoms with van der Waals surface area (Å²) in [5, 5.41) is 0. The quantitative estimate of drug-likeness (QED) is 0.248. The van der Waals surface area contributed by atoms with Crippen LogP contribution in [0.3, 0.4) is 0 Å². The Balaban J connectivity index is 3.09. The van der Waals surface area contributed by atoms with Crippen LogP contribution in [-0.4, -0.2) is 0 Å². The van der Waals surface area contributed by atoms with Crippen LogP contribution in [-0.2, 0) is 0 Å². The molecule has 0 spiro atoms. The fourth-order valence-electron chi connectivity index (χ4n) is 2.03. The van der Waals surface area contributed by atoms with E-state index in [1.807, 2.05) is 0 Å². The van der Waals surface area contributed by atoms with Gasteiger partial charge in [-0.1, -0.05) is 70.3 Å². The van der Waals surface area contributed by atoms with Crippen LogP contribution in [0.1, 0.15) is 90.9 Å². The lowest BCUT2D eigenvalue weighted by atomic mass is 10.1. The lowest BCUT2D eigenvalue weighted by Gasteiger charge is -1.96. The van der Waals surface area contributed by atoms with Gasteiger partial charge in [-0.3, -0.25) is 0 Å². The maximum atomic E-state index is 2.39. The summed E-state index contributed by atoms with van der Waals surface area (Å²) in [6.45, 7) is 4.51. The van der Waals surface area contributed by atoms with Crippen molar-refractivity contribution in [3.63, 3.8) is 0 Å². The molecule has 0 aromatic rings. The number of allylic oxidation sites excluding steroid dienone is 4. The highest BCUT2D eigenvalue weighted by atomic mass is 13.9. The molecule has 0 amide bonds. The van der Waals surface area contributed by atoms with E-state index in [9.17, 15) is 0 Å². The molecule has 0 N–H and O–H groups in total. The zero-order valence-electron chi connectivity index (χ0n) is 12.8. The van der Waals surface area contributed by atoms with Crippen molar-refractivity contribution in [2.45, 2.75) is 90.9 Å². The first-order chi connectivity index (χ1) is 8.91. The summed E-state index contributed by atoms with van der Waals surface area (Å²) in [4.78, 5) is 0. The van der Waals surface area contributed by atoms with Gasteiger partial charge in [0.1, 0.15) is 0 Å². The van der Waals surface area contributed by atoms with Crippen LogP contribution in [0.4, 0.5) is 0 Å². The molecule has 0 bridgehead atoms. The second kappa shape index (κ2) is 16.5. The van der Waals surface area contributed by atoms with Gasteiger partial charge in [-0.25, -0.2) is 0 Å². The highest BCUT2D eigenvalue weighted by molar-refractivity contribution is 4.83. The van der Waals surface area contributed by atoms with E-state index in [1.54, 1.807) is 0 Å². The van der Waals surface area contributed by atoms with Gasteiger partial charge < -0.3 is 0 Å².